The van der Waals surface area contributed by atoms with E-state index in [-0.39, 0.29) is 17.5 Å². The lowest BCUT2D eigenvalue weighted by Gasteiger charge is -2.17. The van der Waals surface area contributed by atoms with Crippen LogP contribution in [0.5, 0.6) is 5.75 Å². The van der Waals surface area contributed by atoms with Crippen molar-refractivity contribution in [2.45, 2.75) is 27.7 Å². The molecule has 0 radical (unpaired) electrons. The van der Waals surface area contributed by atoms with E-state index in [9.17, 15) is 9.59 Å². The van der Waals surface area contributed by atoms with Gasteiger partial charge >= 0.3 is 0 Å². The Hall–Kier alpha value is -3.86. The predicted molar refractivity (Wildman–Crippen MR) is 128 cm³/mol. The highest BCUT2D eigenvalue weighted by atomic mass is 16.5. The summed E-state index contributed by atoms with van der Waals surface area (Å²) in [6.07, 6.45) is 0. The van der Waals surface area contributed by atoms with Crippen molar-refractivity contribution in [1.29, 1.82) is 0 Å². The van der Waals surface area contributed by atoms with Gasteiger partial charge in [0.25, 0.3) is 11.8 Å². The molecule has 0 aliphatic carbocycles. The number of carbonyl (C=O) groups excluding carboxylic acids is 2. The van der Waals surface area contributed by atoms with Gasteiger partial charge < -0.3 is 10.1 Å². The molecule has 162 valence electrons. The Bertz CT molecular complexity index is 1210. The summed E-state index contributed by atoms with van der Waals surface area (Å²) in [6.45, 7) is 8.44. The molecule has 0 fully saturated rings. The number of carbonyl (C=O) groups is 2. The maximum atomic E-state index is 13.6. The zero-order valence-corrected chi connectivity index (χ0v) is 18.7. The van der Waals surface area contributed by atoms with Gasteiger partial charge in [0.05, 0.1) is 17.9 Å². The van der Waals surface area contributed by atoms with E-state index < -0.39 is 0 Å². The van der Waals surface area contributed by atoms with Crippen LogP contribution in [0.4, 0.5) is 11.4 Å². The van der Waals surface area contributed by atoms with Crippen LogP contribution in [0.3, 0.4) is 0 Å². The number of nitrogens with zero attached hydrogens (tertiary/aromatic N) is 1. The molecule has 1 aliphatic heterocycles. The van der Waals surface area contributed by atoms with E-state index in [2.05, 4.69) is 5.32 Å². The van der Waals surface area contributed by atoms with Gasteiger partial charge in [-0.2, -0.15) is 0 Å². The highest BCUT2D eigenvalue weighted by molar-refractivity contribution is 6.46. The van der Waals surface area contributed by atoms with Gasteiger partial charge in [0, 0.05) is 5.69 Å². The Labute approximate surface area is 188 Å². The standard InChI is InChI=1S/C27H26N2O3/c1-5-32-23-14-9-20(10-15-23)24-25(28-21-11-6-17(2)7-12-21)27(31)29(26(24)30)22-13-8-18(3)19(4)16-22/h6-16,28H,5H2,1-4H3. The lowest BCUT2D eigenvalue weighted by Crippen LogP contribution is -2.32. The molecule has 0 unspecified atom stereocenters. The van der Waals surface area contributed by atoms with E-state index in [0.717, 1.165) is 22.4 Å². The molecular formula is C27H26N2O3. The summed E-state index contributed by atoms with van der Waals surface area (Å²) in [7, 11) is 0. The highest BCUT2D eigenvalue weighted by Crippen LogP contribution is 2.35. The number of hydrogen-bond acceptors (Lipinski definition) is 4. The monoisotopic (exact) mass is 426 g/mol. The Morgan fingerprint density at radius 2 is 1.50 bits per heavy atom. The number of aryl methyl sites for hydroxylation is 3. The second-order valence-corrected chi connectivity index (χ2v) is 7.91. The first-order valence-corrected chi connectivity index (χ1v) is 10.7. The maximum absolute atomic E-state index is 13.6. The molecule has 2 amide bonds. The molecule has 0 saturated carbocycles. The van der Waals surface area contributed by atoms with Crippen LogP contribution in [-0.2, 0) is 9.59 Å². The second-order valence-electron chi connectivity index (χ2n) is 7.91. The van der Waals surface area contributed by atoms with Crippen molar-refractivity contribution in [3.63, 3.8) is 0 Å². The quantitative estimate of drug-likeness (QED) is 0.536. The molecule has 4 rings (SSSR count). The fraction of sp³-hybridized carbons (Fsp3) is 0.185. The molecule has 1 aliphatic rings. The maximum Gasteiger partial charge on any atom is 0.282 e. The lowest BCUT2D eigenvalue weighted by atomic mass is 10.0. The molecule has 3 aromatic rings. The largest absolute Gasteiger partial charge is 0.494 e. The van der Waals surface area contributed by atoms with E-state index in [1.807, 2.05) is 94.4 Å². The van der Waals surface area contributed by atoms with Gasteiger partial charge in [0.2, 0.25) is 0 Å². The van der Waals surface area contributed by atoms with Gasteiger partial charge in [-0.3, -0.25) is 9.59 Å². The molecule has 1 heterocycles. The SMILES string of the molecule is CCOc1ccc(C2=C(Nc3ccc(C)cc3)C(=O)N(c3ccc(C)c(C)c3)C2=O)cc1. The predicted octanol–water partition coefficient (Wildman–Crippen LogP) is 5.41. The van der Waals surface area contributed by atoms with Gasteiger partial charge in [-0.05, 0) is 80.8 Å². The molecule has 5 nitrogen and oxygen atoms in total. The van der Waals surface area contributed by atoms with E-state index in [0.29, 0.717) is 29.2 Å². The summed E-state index contributed by atoms with van der Waals surface area (Å²) in [6, 6.07) is 20.6. The van der Waals surface area contributed by atoms with Crippen LogP contribution >= 0.6 is 0 Å². The number of rotatable bonds is 6. The first kappa shape index (κ1) is 21.4. The third kappa shape index (κ3) is 4.02. The number of anilines is 2. The van der Waals surface area contributed by atoms with E-state index in [4.69, 9.17) is 4.74 Å². The molecule has 0 aromatic heterocycles. The molecule has 0 atom stereocenters. The van der Waals surface area contributed by atoms with Crippen LogP contribution in [0.15, 0.2) is 72.4 Å². The molecule has 3 aromatic carbocycles. The first-order valence-electron chi connectivity index (χ1n) is 10.7. The summed E-state index contributed by atoms with van der Waals surface area (Å²) in [5.41, 5.74) is 5.81. The van der Waals surface area contributed by atoms with Crippen molar-refractivity contribution in [1.82, 2.24) is 0 Å². The van der Waals surface area contributed by atoms with Gasteiger partial charge in [-0.15, -0.1) is 0 Å². The fourth-order valence-electron chi connectivity index (χ4n) is 3.68. The average Bonchev–Trinajstić information content (AvgIpc) is 3.02. The van der Waals surface area contributed by atoms with Gasteiger partial charge in [-0.1, -0.05) is 35.9 Å². The van der Waals surface area contributed by atoms with Crippen LogP contribution in [0.2, 0.25) is 0 Å². The number of benzene rings is 3. The van der Waals surface area contributed by atoms with Crippen molar-refractivity contribution < 1.29 is 14.3 Å². The zero-order chi connectivity index (χ0) is 22.8. The number of imide groups is 1. The minimum absolute atomic E-state index is 0.265. The zero-order valence-electron chi connectivity index (χ0n) is 18.7. The van der Waals surface area contributed by atoms with Crippen molar-refractivity contribution >= 4 is 28.8 Å². The topological polar surface area (TPSA) is 58.6 Å². The number of ether oxygens (including phenoxy) is 1. The second kappa shape index (κ2) is 8.71. The summed E-state index contributed by atoms with van der Waals surface area (Å²) in [4.78, 5) is 28.3. The summed E-state index contributed by atoms with van der Waals surface area (Å²) >= 11 is 0. The van der Waals surface area contributed by atoms with Crippen LogP contribution in [-0.4, -0.2) is 18.4 Å². The Morgan fingerprint density at radius 1 is 0.812 bits per heavy atom. The highest BCUT2D eigenvalue weighted by Gasteiger charge is 2.40. The van der Waals surface area contributed by atoms with E-state index >= 15 is 0 Å². The minimum atomic E-state index is -0.372. The summed E-state index contributed by atoms with van der Waals surface area (Å²) < 4.78 is 5.53. The van der Waals surface area contributed by atoms with Crippen molar-refractivity contribution in [3.8, 4) is 5.75 Å². The van der Waals surface area contributed by atoms with Crippen molar-refractivity contribution in [2.24, 2.45) is 0 Å². The molecule has 32 heavy (non-hydrogen) atoms. The molecule has 1 N–H and O–H groups in total. The van der Waals surface area contributed by atoms with Crippen LogP contribution in [0.1, 0.15) is 29.2 Å². The summed E-state index contributed by atoms with van der Waals surface area (Å²) in [5.74, 6) is -0.00702. The van der Waals surface area contributed by atoms with Gasteiger partial charge in [-0.25, -0.2) is 4.90 Å². The van der Waals surface area contributed by atoms with Gasteiger partial charge in [0.15, 0.2) is 0 Å². The van der Waals surface area contributed by atoms with Gasteiger partial charge in [0.1, 0.15) is 11.4 Å². The van der Waals surface area contributed by atoms with E-state index in [1.165, 1.54) is 4.90 Å². The molecular weight excluding hydrogens is 400 g/mol. The fourth-order valence-corrected chi connectivity index (χ4v) is 3.68. The van der Waals surface area contributed by atoms with Crippen molar-refractivity contribution in [3.05, 3.63) is 94.7 Å². The average molecular weight is 427 g/mol. The Morgan fingerprint density at radius 3 is 2.12 bits per heavy atom. The minimum Gasteiger partial charge on any atom is -0.494 e. The molecule has 0 bridgehead atoms. The third-order valence-corrected chi connectivity index (χ3v) is 5.61. The Kier molecular flexibility index (Phi) is 5.82. The normalized spacial score (nSPS) is 13.7. The number of amides is 2. The molecule has 0 spiro atoms. The number of nitrogens with one attached hydrogen (secondary N) is 1. The molecule has 5 heteroatoms. The first-order chi connectivity index (χ1) is 15.4. The lowest BCUT2D eigenvalue weighted by molar-refractivity contribution is -0.120. The van der Waals surface area contributed by atoms with Crippen LogP contribution in [0.25, 0.3) is 5.57 Å². The molecule has 0 saturated heterocycles. The van der Waals surface area contributed by atoms with Crippen LogP contribution in [0, 0.1) is 20.8 Å². The van der Waals surface area contributed by atoms with Crippen LogP contribution < -0.4 is 15.0 Å². The van der Waals surface area contributed by atoms with Crippen molar-refractivity contribution in [2.75, 3.05) is 16.8 Å². The van der Waals surface area contributed by atoms with E-state index in [1.54, 1.807) is 0 Å². The summed E-state index contributed by atoms with van der Waals surface area (Å²) in [5, 5.41) is 3.20. The Balaban J connectivity index is 1.79. The third-order valence-electron chi connectivity index (χ3n) is 5.61. The smallest absolute Gasteiger partial charge is 0.282 e. The number of hydrogen-bond donors (Lipinski definition) is 1.